The summed E-state index contributed by atoms with van der Waals surface area (Å²) in [7, 11) is 0. The van der Waals surface area contributed by atoms with E-state index in [2.05, 4.69) is 59.5 Å². The van der Waals surface area contributed by atoms with Crippen LogP contribution in [0.4, 0.5) is 0 Å². The van der Waals surface area contributed by atoms with Crippen LogP contribution < -0.4 is 4.74 Å². The Balaban J connectivity index is 1.01. The van der Waals surface area contributed by atoms with E-state index in [0.29, 0.717) is 37.3 Å². The van der Waals surface area contributed by atoms with Crippen molar-refractivity contribution in [3.63, 3.8) is 0 Å². The largest absolute Gasteiger partial charge is 0.489 e. The van der Waals surface area contributed by atoms with Gasteiger partial charge in [-0.3, -0.25) is 19.3 Å². The molecule has 6 heteroatoms. The first-order chi connectivity index (χ1) is 19.5. The summed E-state index contributed by atoms with van der Waals surface area (Å²) in [4.78, 5) is 41.4. The van der Waals surface area contributed by atoms with E-state index in [4.69, 9.17) is 4.74 Å². The number of hydrogen-bond donors (Lipinski definition) is 0. The summed E-state index contributed by atoms with van der Waals surface area (Å²) in [5.41, 5.74) is 5.25. The van der Waals surface area contributed by atoms with Crippen molar-refractivity contribution in [2.45, 2.75) is 64.3 Å². The molecule has 2 heterocycles. The van der Waals surface area contributed by atoms with Crippen molar-refractivity contribution in [3.05, 3.63) is 101 Å². The van der Waals surface area contributed by atoms with E-state index in [1.807, 2.05) is 12.1 Å². The van der Waals surface area contributed by atoms with E-state index in [1.165, 1.54) is 24.0 Å². The van der Waals surface area contributed by atoms with Crippen LogP contribution >= 0.6 is 0 Å². The Morgan fingerprint density at radius 3 is 2.27 bits per heavy atom. The summed E-state index contributed by atoms with van der Waals surface area (Å²) in [5.74, 6) is 1.06. The third-order valence-electron chi connectivity index (χ3n) is 8.67. The van der Waals surface area contributed by atoms with Gasteiger partial charge in [0.1, 0.15) is 18.1 Å². The fourth-order valence-electron chi connectivity index (χ4n) is 6.36. The zero-order valence-corrected chi connectivity index (χ0v) is 22.9. The van der Waals surface area contributed by atoms with Crippen LogP contribution in [-0.2, 0) is 35.7 Å². The minimum atomic E-state index is -0.519. The lowest BCUT2D eigenvalue weighted by Gasteiger charge is -2.32. The van der Waals surface area contributed by atoms with E-state index in [-0.39, 0.29) is 23.9 Å². The average Bonchev–Trinajstić information content (AvgIpc) is 3.31. The number of amides is 1. The highest BCUT2D eigenvalue weighted by Gasteiger charge is 2.40. The molecule has 206 valence electrons. The van der Waals surface area contributed by atoms with Gasteiger partial charge < -0.3 is 9.64 Å². The predicted octanol–water partition coefficient (Wildman–Crippen LogP) is 5.37. The van der Waals surface area contributed by atoms with Gasteiger partial charge in [-0.25, -0.2) is 0 Å². The normalized spacial score (nSPS) is 20.1. The van der Waals surface area contributed by atoms with Crippen LogP contribution in [0.15, 0.2) is 72.8 Å². The van der Waals surface area contributed by atoms with E-state index in [9.17, 15) is 14.4 Å². The fraction of sp³-hybridized carbons (Fsp3) is 0.382. The van der Waals surface area contributed by atoms with Crippen molar-refractivity contribution in [1.29, 1.82) is 0 Å². The maximum atomic E-state index is 13.1. The van der Waals surface area contributed by atoms with Crippen molar-refractivity contribution < 1.29 is 19.1 Å². The highest BCUT2D eigenvalue weighted by atomic mass is 16.5. The highest BCUT2D eigenvalue weighted by Crippen LogP contribution is 2.34. The minimum absolute atomic E-state index is 0.0373. The van der Waals surface area contributed by atoms with Gasteiger partial charge >= 0.3 is 0 Å². The molecule has 2 aliphatic heterocycles. The number of fused-ring (bicyclic) bond motifs is 1. The summed E-state index contributed by atoms with van der Waals surface area (Å²) < 4.78 is 6.19. The van der Waals surface area contributed by atoms with Crippen molar-refractivity contribution in [3.8, 4) is 5.75 Å². The molecule has 1 saturated heterocycles. The summed E-state index contributed by atoms with van der Waals surface area (Å²) in [6, 6.07) is 24.4. The van der Waals surface area contributed by atoms with Gasteiger partial charge in [-0.2, -0.15) is 0 Å². The van der Waals surface area contributed by atoms with Gasteiger partial charge in [-0.1, -0.05) is 60.7 Å². The predicted molar refractivity (Wildman–Crippen MR) is 153 cm³/mol. The molecule has 40 heavy (non-hydrogen) atoms. The molecule has 0 N–H and O–H groups in total. The number of carbonyl (C=O) groups is 3. The van der Waals surface area contributed by atoms with Crippen molar-refractivity contribution in [1.82, 2.24) is 9.80 Å². The number of likely N-dealkylation sites (tertiary alicyclic amines) is 1. The first-order valence-corrected chi connectivity index (χ1v) is 14.5. The number of ether oxygens (including phenoxy) is 1. The third-order valence-corrected chi connectivity index (χ3v) is 8.67. The molecule has 1 aliphatic carbocycles. The van der Waals surface area contributed by atoms with Crippen molar-refractivity contribution >= 4 is 17.5 Å². The number of rotatable bonds is 8. The topological polar surface area (TPSA) is 66.9 Å². The molecular formula is C34H36N2O4. The van der Waals surface area contributed by atoms with Gasteiger partial charge in [0.05, 0.1) is 19.0 Å². The van der Waals surface area contributed by atoms with Crippen LogP contribution in [0.3, 0.4) is 0 Å². The third kappa shape index (κ3) is 5.87. The van der Waals surface area contributed by atoms with E-state index in [1.54, 1.807) is 11.0 Å². The standard InChI is InChI=1S/C34H36N2O4/c37-28-13-14-31(32(38)20-28)36-22-30-29(34(36)39)7-4-8-33(30)40-23-27-11-9-24(10-12-27)19-25-15-17-35(18-16-25)21-26-5-2-1-3-6-26/h1-12,25,31H,13-23H2. The van der Waals surface area contributed by atoms with Gasteiger partial charge in [0, 0.05) is 24.1 Å². The number of benzene rings is 3. The summed E-state index contributed by atoms with van der Waals surface area (Å²) in [6.07, 6.45) is 4.26. The van der Waals surface area contributed by atoms with Crippen molar-refractivity contribution in [2.75, 3.05) is 13.1 Å². The first kappa shape index (κ1) is 26.5. The van der Waals surface area contributed by atoms with E-state index in [0.717, 1.165) is 43.1 Å². The number of piperidine rings is 1. The molecule has 0 spiro atoms. The molecule has 1 unspecified atom stereocenters. The van der Waals surface area contributed by atoms with Crippen LogP contribution in [0.5, 0.6) is 5.75 Å². The molecule has 2 fully saturated rings. The van der Waals surface area contributed by atoms with Gasteiger partial charge in [-0.05, 0) is 73.5 Å². The Morgan fingerprint density at radius 1 is 0.775 bits per heavy atom. The molecule has 1 amide bonds. The molecule has 6 rings (SSSR count). The first-order valence-electron chi connectivity index (χ1n) is 14.5. The van der Waals surface area contributed by atoms with E-state index >= 15 is 0 Å². The summed E-state index contributed by atoms with van der Waals surface area (Å²) in [5, 5.41) is 0. The van der Waals surface area contributed by atoms with Gasteiger partial charge in [0.2, 0.25) is 0 Å². The molecule has 0 bridgehead atoms. The average molecular weight is 537 g/mol. The Kier molecular flexibility index (Phi) is 7.78. The number of Topliss-reactive ketones (excluding diaryl/α,β-unsaturated/α-hetero) is 2. The molecule has 0 radical (unpaired) electrons. The van der Waals surface area contributed by atoms with Gasteiger partial charge in [-0.15, -0.1) is 0 Å². The maximum Gasteiger partial charge on any atom is 0.255 e. The zero-order chi connectivity index (χ0) is 27.5. The second-order valence-corrected chi connectivity index (χ2v) is 11.5. The second kappa shape index (κ2) is 11.8. The Bertz CT molecular complexity index is 1380. The SMILES string of the molecule is O=C1CCC(N2Cc3c(OCc4ccc(CC5CCN(Cc6ccccc6)CC5)cc4)cccc3C2=O)C(=O)C1. The minimum Gasteiger partial charge on any atom is -0.489 e. The number of ketones is 2. The molecule has 3 aliphatic rings. The Hall–Kier alpha value is -3.77. The van der Waals surface area contributed by atoms with E-state index < -0.39 is 6.04 Å². The molecule has 3 aromatic rings. The van der Waals surface area contributed by atoms with Crippen LogP contribution in [0.2, 0.25) is 0 Å². The summed E-state index contributed by atoms with van der Waals surface area (Å²) in [6.45, 7) is 4.11. The Morgan fingerprint density at radius 2 is 1.52 bits per heavy atom. The van der Waals surface area contributed by atoms with Crippen LogP contribution in [-0.4, -0.2) is 46.4 Å². The van der Waals surface area contributed by atoms with Gasteiger partial charge in [0.15, 0.2) is 5.78 Å². The van der Waals surface area contributed by atoms with Crippen LogP contribution in [0.25, 0.3) is 0 Å². The van der Waals surface area contributed by atoms with Crippen LogP contribution in [0, 0.1) is 5.92 Å². The molecular weight excluding hydrogens is 500 g/mol. The van der Waals surface area contributed by atoms with Crippen LogP contribution in [0.1, 0.15) is 64.7 Å². The molecule has 1 atom stereocenters. The fourth-order valence-corrected chi connectivity index (χ4v) is 6.36. The second-order valence-electron chi connectivity index (χ2n) is 11.5. The maximum absolute atomic E-state index is 13.1. The van der Waals surface area contributed by atoms with Gasteiger partial charge in [0.25, 0.3) is 5.91 Å². The lowest BCUT2D eigenvalue weighted by Crippen LogP contribution is -2.44. The quantitative estimate of drug-likeness (QED) is 0.362. The molecule has 6 nitrogen and oxygen atoms in total. The number of hydrogen-bond acceptors (Lipinski definition) is 5. The molecule has 3 aromatic carbocycles. The number of nitrogens with zero attached hydrogens (tertiary/aromatic N) is 2. The smallest absolute Gasteiger partial charge is 0.255 e. The number of carbonyl (C=O) groups excluding carboxylic acids is 3. The zero-order valence-electron chi connectivity index (χ0n) is 22.9. The highest BCUT2D eigenvalue weighted by molar-refractivity contribution is 6.07. The monoisotopic (exact) mass is 536 g/mol. The summed E-state index contributed by atoms with van der Waals surface area (Å²) >= 11 is 0. The molecule has 1 saturated carbocycles. The lowest BCUT2D eigenvalue weighted by molar-refractivity contribution is -0.133. The lowest BCUT2D eigenvalue weighted by atomic mass is 9.90. The Labute approximate surface area is 235 Å². The van der Waals surface area contributed by atoms with Crippen molar-refractivity contribution in [2.24, 2.45) is 5.92 Å². The molecule has 0 aromatic heterocycles.